The van der Waals surface area contributed by atoms with E-state index in [2.05, 4.69) is 21.2 Å². The molecule has 2 heterocycles. The molecular formula is C18H16BrClN4O4. The topological polar surface area (TPSA) is 112 Å². The van der Waals surface area contributed by atoms with Crippen molar-refractivity contribution in [1.82, 2.24) is 14.5 Å². The summed E-state index contributed by atoms with van der Waals surface area (Å²) in [6.45, 7) is -0.327. The third-order valence-electron chi connectivity index (χ3n) is 4.09. The van der Waals surface area contributed by atoms with E-state index in [1.165, 1.54) is 7.05 Å². The van der Waals surface area contributed by atoms with Crippen LogP contribution in [0.3, 0.4) is 0 Å². The Morgan fingerprint density at radius 3 is 2.57 bits per heavy atom. The lowest BCUT2D eigenvalue weighted by atomic mass is 10.2. The molecule has 0 radical (unpaired) electrons. The average Bonchev–Trinajstić information content (AvgIpc) is 3.16. The number of nitrogens with two attached hydrogens (primary N) is 1. The number of hydrogen-bond acceptors (Lipinski definition) is 5. The Morgan fingerprint density at radius 2 is 1.89 bits per heavy atom. The Balaban J connectivity index is 1.68. The van der Waals surface area contributed by atoms with Gasteiger partial charge in [0.1, 0.15) is 28.4 Å². The van der Waals surface area contributed by atoms with Gasteiger partial charge < -0.3 is 15.5 Å². The molecule has 0 unspecified atom stereocenters. The van der Waals surface area contributed by atoms with Crippen molar-refractivity contribution in [2.24, 2.45) is 7.05 Å². The first kappa shape index (κ1) is 20.0. The van der Waals surface area contributed by atoms with Crippen molar-refractivity contribution >= 4 is 39.3 Å². The molecule has 28 heavy (non-hydrogen) atoms. The van der Waals surface area contributed by atoms with Crippen LogP contribution in [0.5, 0.6) is 0 Å². The maximum Gasteiger partial charge on any atom is 0.332 e. The molecule has 0 saturated heterocycles. The number of anilines is 1. The molecule has 0 bridgehead atoms. The van der Waals surface area contributed by atoms with Crippen LogP contribution < -0.4 is 22.3 Å². The molecule has 0 fully saturated rings. The normalized spacial score (nSPS) is 10.8. The number of amides is 1. The summed E-state index contributed by atoms with van der Waals surface area (Å²) in [4.78, 5) is 36.5. The first-order valence-electron chi connectivity index (χ1n) is 8.14. The highest BCUT2D eigenvalue weighted by Gasteiger charge is 2.16. The summed E-state index contributed by atoms with van der Waals surface area (Å²) in [5.74, 6) is 0.641. The number of carbonyl (C=O) groups excluding carboxylic acids is 1. The molecule has 3 aromatic rings. The minimum Gasteiger partial charge on any atom is -0.459 e. The van der Waals surface area contributed by atoms with Crippen LogP contribution in [0.15, 0.2) is 54.9 Å². The minimum absolute atomic E-state index is 0.00280. The van der Waals surface area contributed by atoms with Crippen LogP contribution in [0, 0.1) is 0 Å². The Hall–Kier alpha value is -2.78. The zero-order valence-corrected chi connectivity index (χ0v) is 17.1. The van der Waals surface area contributed by atoms with Gasteiger partial charge >= 0.3 is 5.69 Å². The zero-order valence-electron chi connectivity index (χ0n) is 14.7. The maximum absolute atomic E-state index is 12.2. The van der Waals surface area contributed by atoms with Crippen molar-refractivity contribution in [3.63, 3.8) is 0 Å². The molecular weight excluding hydrogens is 452 g/mol. The maximum atomic E-state index is 12.2. The number of furan rings is 1. The van der Waals surface area contributed by atoms with Crippen LogP contribution in [0.4, 0.5) is 5.82 Å². The van der Waals surface area contributed by atoms with Crippen molar-refractivity contribution in [3.05, 3.63) is 72.5 Å². The SMILES string of the molecule is Cn1c(N)c(Br)c(=O)n(CC(=O)NCc2ccc(-c3ccc(Cl)cc3)o2)c1=O. The molecule has 0 aliphatic carbocycles. The molecule has 0 aliphatic rings. The van der Waals surface area contributed by atoms with Gasteiger partial charge in [-0.05, 0) is 52.3 Å². The average molecular weight is 468 g/mol. The molecule has 2 aromatic heterocycles. The number of aromatic nitrogens is 2. The van der Waals surface area contributed by atoms with Gasteiger partial charge in [-0.2, -0.15) is 0 Å². The van der Waals surface area contributed by atoms with E-state index in [1.54, 1.807) is 24.3 Å². The molecule has 1 amide bonds. The van der Waals surface area contributed by atoms with Gasteiger partial charge in [0.15, 0.2) is 0 Å². The molecule has 3 rings (SSSR count). The van der Waals surface area contributed by atoms with Crippen LogP contribution in [-0.2, 0) is 24.9 Å². The van der Waals surface area contributed by atoms with E-state index in [0.717, 1.165) is 14.7 Å². The summed E-state index contributed by atoms with van der Waals surface area (Å²) in [6, 6.07) is 10.7. The van der Waals surface area contributed by atoms with Crippen LogP contribution in [-0.4, -0.2) is 15.0 Å². The summed E-state index contributed by atoms with van der Waals surface area (Å²) < 4.78 is 7.61. The lowest BCUT2D eigenvalue weighted by Gasteiger charge is -2.10. The van der Waals surface area contributed by atoms with Gasteiger partial charge in [0.2, 0.25) is 5.91 Å². The molecule has 10 heteroatoms. The van der Waals surface area contributed by atoms with E-state index in [0.29, 0.717) is 16.5 Å². The second-order valence-corrected chi connectivity index (χ2v) is 7.21. The summed E-state index contributed by atoms with van der Waals surface area (Å²) in [7, 11) is 1.41. The zero-order chi connectivity index (χ0) is 20.4. The standard InChI is InChI=1S/C18H16BrClN4O4/c1-23-16(21)15(19)17(26)24(18(23)27)9-14(25)22-8-12-6-7-13(28-12)10-2-4-11(20)5-3-10/h2-7H,8-9,21H2,1H3,(H,22,25). The second-order valence-electron chi connectivity index (χ2n) is 5.98. The Bertz CT molecular complexity index is 1110. The summed E-state index contributed by atoms with van der Waals surface area (Å²) >= 11 is 8.91. The molecule has 0 atom stereocenters. The number of benzene rings is 1. The fraction of sp³-hybridized carbons (Fsp3) is 0.167. The third kappa shape index (κ3) is 4.05. The summed E-state index contributed by atoms with van der Waals surface area (Å²) in [5.41, 5.74) is 5.16. The van der Waals surface area contributed by atoms with E-state index < -0.39 is 23.7 Å². The van der Waals surface area contributed by atoms with Crippen LogP contribution in [0.1, 0.15) is 5.76 Å². The second kappa shape index (κ2) is 8.07. The molecule has 0 spiro atoms. The monoisotopic (exact) mass is 466 g/mol. The first-order valence-corrected chi connectivity index (χ1v) is 9.31. The van der Waals surface area contributed by atoms with Gasteiger partial charge in [-0.3, -0.25) is 14.2 Å². The smallest absolute Gasteiger partial charge is 0.332 e. The van der Waals surface area contributed by atoms with Crippen molar-refractivity contribution in [3.8, 4) is 11.3 Å². The van der Waals surface area contributed by atoms with Gasteiger partial charge in [0, 0.05) is 17.6 Å². The van der Waals surface area contributed by atoms with Crippen molar-refractivity contribution in [2.45, 2.75) is 13.1 Å². The van der Waals surface area contributed by atoms with Gasteiger partial charge in [0.25, 0.3) is 5.56 Å². The van der Waals surface area contributed by atoms with Crippen LogP contribution >= 0.6 is 27.5 Å². The lowest BCUT2D eigenvalue weighted by Crippen LogP contribution is -2.44. The predicted octanol–water partition coefficient (Wildman–Crippen LogP) is 2.12. The quantitative estimate of drug-likeness (QED) is 0.597. The van der Waals surface area contributed by atoms with Gasteiger partial charge in [-0.1, -0.05) is 11.6 Å². The molecule has 0 aliphatic heterocycles. The number of rotatable bonds is 5. The number of halogens is 2. The Morgan fingerprint density at radius 1 is 1.21 bits per heavy atom. The van der Waals surface area contributed by atoms with E-state index >= 15 is 0 Å². The molecule has 3 N–H and O–H groups in total. The number of nitrogens with one attached hydrogen (secondary N) is 1. The van der Waals surface area contributed by atoms with Crippen molar-refractivity contribution in [1.29, 1.82) is 0 Å². The third-order valence-corrected chi connectivity index (χ3v) is 5.09. The van der Waals surface area contributed by atoms with E-state index in [4.69, 9.17) is 21.8 Å². The first-order chi connectivity index (χ1) is 13.3. The molecule has 146 valence electrons. The van der Waals surface area contributed by atoms with Gasteiger partial charge in [-0.15, -0.1) is 0 Å². The Kier molecular flexibility index (Phi) is 5.76. The molecule has 0 saturated carbocycles. The van der Waals surface area contributed by atoms with Crippen molar-refractivity contribution in [2.75, 3.05) is 5.73 Å². The number of hydrogen-bond donors (Lipinski definition) is 2. The number of carbonyl (C=O) groups is 1. The fourth-order valence-electron chi connectivity index (χ4n) is 2.51. The summed E-state index contributed by atoms with van der Waals surface area (Å²) in [6.07, 6.45) is 0. The lowest BCUT2D eigenvalue weighted by molar-refractivity contribution is -0.122. The van der Waals surface area contributed by atoms with Crippen molar-refractivity contribution < 1.29 is 9.21 Å². The fourth-order valence-corrected chi connectivity index (χ4v) is 3.12. The van der Waals surface area contributed by atoms with E-state index in [9.17, 15) is 14.4 Å². The van der Waals surface area contributed by atoms with Crippen LogP contribution in [0.25, 0.3) is 11.3 Å². The van der Waals surface area contributed by atoms with Gasteiger partial charge in [-0.25, -0.2) is 9.36 Å². The largest absolute Gasteiger partial charge is 0.459 e. The Labute approximate surface area is 172 Å². The predicted molar refractivity (Wildman–Crippen MR) is 109 cm³/mol. The summed E-state index contributed by atoms with van der Waals surface area (Å²) in [5, 5.41) is 3.24. The van der Waals surface area contributed by atoms with Gasteiger partial charge in [0.05, 0.1) is 6.54 Å². The van der Waals surface area contributed by atoms with Crippen LogP contribution in [0.2, 0.25) is 5.02 Å². The number of nitrogens with zero attached hydrogens (tertiary/aromatic N) is 2. The highest BCUT2D eigenvalue weighted by molar-refractivity contribution is 9.10. The van der Waals surface area contributed by atoms with E-state index in [1.807, 2.05) is 12.1 Å². The molecule has 1 aromatic carbocycles. The highest BCUT2D eigenvalue weighted by atomic mass is 79.9. The number of nitrogen functional groups attached to an aromatic ring is 1. The highest BCUT2D eigenvalue weighted by Crippen LogP contribution is 2.23. The van der Waals surface area contributed by atoms with E-state index in [-0.39, 0.29) is 16.8 Å². The molecule has 8 nitrogen and oxygen atoms in total. The minimum atomic E-state index is -0.677.